The molecular formula is C52H99N3O10. The van der Waals surface area contributed by atoms with E-state index in [9.17, 15) is 28.8 Å². The molecule has 13 nitrogen and oxygen atoms in total. The molecule has 0 spiro atoms. The Morgan fingerprint density at radius 1 is 0.492 bits per heavy atom. The quantitative estimate of drug-likeness (QED) is 0.0576. The lowest BCUT2D eigenvalue weighted by atomic mass is 9.88. The molecule has 11 atom stereocenters. The van der Waals surface area contributed by atoms with Gasteiger partial charge in [0.05, 0.1) is 50.0 Å². The number of ketones is 1. The van der Waals surface area contributed by atoms with Crippen molar-refractivity contribution in [3.8, 4) is 0 Å². The van der Waals surface area contributed by atoms with Gasteiger partial charge in [-0.15, -0.1) is 0 Å². The van der Waals surface area contributed by atoms with Crippen molar-refractivity contribution in [2.24, 2.45) is 53.3 Å². The van der Waals surface area contributed by atoms with Crippen LogP contribution >= 0.6 is 0 Å². The highest BCUT2D eigenvalue weighted by Crippen LogP contribution is 2.27. The largest absolute Gasteiger partial charge is 0.466 e. The van der Waals surface area contributed by atoms with Crippen molar-refractivity contribution >= 4 is 35.4 Å². The van der Waals surface area contributed by atoms with Crippen LogP contribution in [0, 0.1) is 53.3 Å². The van der Waals surface area contributed by atoms with Crippen molar-refractivity contribution in [1.82, 2.24) is 14.7 Å². The number of carbonyl (C=O) groups excluding carboxylic acids is 6. The summed E-state index contributed by atoms with van der Waals surface area (Å²) in [5.74, 6) is 1.31. The summed E-state index contributed by atoms with van der Waals surface area (Å²) in [6, 6.07) is -0.311. The molecule has 0 saturated carbocycles. The van der Waals surface area contributed by atoms with E-state index in [2.05, 4.69) is 55.4 Å². The molecule has 0 heterocycles. The number of amides is 3. The van der Waals surface area contributed by atoms with Crippen LogP contribution in [0.3, 0.4) is 0 Å². The molecule has 0 aliphatic heterocycles. The van der Waals surface area contributed by atoms with E-state index in [1.165, 1.54) is 6.08 Å². The number of hydrogen-bond donors (Lipinski definition) is 0. The zero-order valence-corrected chi connectivity index (χ0v) is 45.6. The molecule has 0 saturated heterocycles. The first-order chi connectivity index (χ1) is 30.1. The van der Waals surface area contributed by atoms with Gasteiger partial charge in [-0.25, -0.2) is 4.79 Å². The number of likely N-dealkylation sites (N-methyl/N-ethyl adjacent to an activating group) is 3. The molecule has 3 unspecified atom stereocenters. The van der Waals surface area contributed by atoms with E-state index >= 15 is 0 Å². The third-order valence-electron chi connectivity index (χ3n) is 13.5. The Morgan fingerprint density at radius 2 is 0.831 bits per heavy atom. The Bertz CT molecular complexity index is 1400. The van der Waals surface area contributed by atoms with Crippen LogP contribution in [0.25, 0.3) is 0 Å². The lowest BCUT2D eigenvalue weighted by molar-refractivity contribution is -0.151. The van der Waals surface area contributed by atoms with Gasteiger partial charge in [-0.3, -0.25) is 24.0 Å². The highest BCUT2D eigenvalue weighted by atomic mass is 16.5. The zero-order valence-electron chi connectivity index (χ0n) is 45.6. The number of ether oxygens (including phenoxy) is 4. The fraction of sp³-hybridized carbons (Fsp3) is 0.846. The van der Waals surface area contributed by atoms with Crippen molar-refractivity contribution in [2.45, 2.75) is 187 Å². The average Bonchev–Trinajstić information content (AvgIpc) is 3.26. The fourth-order valence-corrected chi connectivity index (χ4v) is 7.40. The molecule has 3 amide bonds. The predicted molar refractivity (Wildman–Crippen MR) is 264 cm³/mol. The van der Waals surface area contributed by atoms with Crippen LogP contribution in [-0.2, 0) is 47.7 Å². The molecule has 0 aliphatic rings. The van der Waals surface area contributed by atoms with Gasteiger partial charge in [0.25, 0.3) is 0 Å². The molecule has 13 heteroatoms. The van der Waals surface area contributed by atoms with Crippen LogP contribution in [0.2, 0.25) is 0 Å². The molecule has 0 aromatic rings. The Morgan fingerprint density at radius 3 is 1.12 bits per heavy atom. The minimum atomic E-state index is -0.364. The number of carbonyl (C=O) groups is 6. The Hall–Kier alpha value is -3.32. The zero-order chi connectivity index (χ0) is 51.5. The number of hydrogen-bond acceptors (Lipinski definition) is 10. The summed E-state index contributed by atoms with van der Waals surface area (Å²) in [7, 11) is 8.67. The van der Waals surface area contributed by atoms with Gasteiger partial charge in [-0.1, -0.05) is 129 Å². The molecule has 382 valence electrons. The van der Waals surface area contributed by atoms with Gasteiger partial charge < -0.3 is 33.6 Å². The van der Waals surface area contributed by atoms with E-state index < -0.39 is 0 Å². The van der Waals surface area contributed by atoms with Crippen molar-refractivity contribution in [1.29, 1.82) is 0 Å². The third-order valence-corrected chi connectivity index (χ3v) is 13.5. The van der Waals surface area contributed by atoms with Crippen LogP contribution in [0.15, 0.2) is 12.2 Å². The molecule has 0 aromatic carbocycles. The van der Waals surface area contributed by atoms with E-state index in [1.54, 1.807) is 55.8 Å². The van der Waals surface area contributed by atoms with E-state index in [4.69, 9.17) is 18.9 Å². The number of Topliss-reactive ketones (excluding diaryl/α,β-unsaturated/α-hetero) is 1. The van der Waals surface area contributed by atoms with Gasteiger partial charge in [-0.2, -0.15) is 0 Å². The number of methoxy groups -OCH3 is 2. The first-order valence-corrected chi connectivity index (χ1v) is 24.5. The van der Waals surface area contributed by atoms with Crippen molar-refractivity contribution < 1.29 is 47.7 Å². The second-order valence-electron chi connectivity index (χ2n) is 19.1. The second kappa shape index (κ2) is 34.9. The van der Waals surface area contributed by atoms with Crippen molar-refractivity contribution in [3.05, 3.63) is 12.2 Å². The molecule has 65 heavy (non-hydrogen) atoms. The summed E-state index contributed by atoms with van der Waals surface area (Å²) in [6.45, 7) is 36.5. The van der Waals surface area contributed by atoms with E-state index in [1.807, 2.05) is 69.6 Å². The highest BCUT2D eigenvalue weighted by Gasteiger charge is 2.37. The standard InChI is InChI=1S/C18H35NO4.C17H33NO3.C17H31NO3/c1-9-13(5)17(15(22-8)11-16(20)23-10-2)19(7)18(21)14(6)12(3)4;1-9-12(4)16(15(21-8)10-13(5)19)18(7)17(20)14(6)11(2)3;1-8-13(5)15(10-11-16(19)21-9-2)18(7)17(20)14(6)12(3)4/h12-15,17H,9-11H2,1-8H3;11-12,14-16H,9-10H2,1-8H3;10-15H,8-9H2,1-7H3/b;;11-10+/t13-,14-,15-,17?;12-,14-,15+,16?;13-,14-,15?/m000/s1. The molecular weight excluding hydrogens is 827 g/mol. The lowest BCUT2D eigenvalue weighted by Gasteiger charge is -2.39. The molecule has 0 aliphatic carbocycles. The molecule has 0 radical (unpaired) electrons. The van der Waals surface area contributed by atoms with E-state index in [0.717, 1.165) is 19.3 Å². The Balaban J connectivity index is -0.000000888. The summed E-state index contributed by atoms with van der Waals surface area (Å²) in [4.78, 5) is 78.0. The summed E-state index contributed by atoms with van der Waals surface area (Å²) >= 11 is 0. The SMILES string of the molecule is CCOC(=O)/C=C/C([C@@H](C)CC)N(C)C(=O)[C@@H](C)C(C)C.CCOC(=O)C[C@H](OC)C([C@@H](C)CC)N(C)C(=O)[C@@H](C)C(C)C.CC[C@H](C)C([C@@H](CC(C)=O)OC)N(C)C(=O)[C@@H](C)C(C)C. The van der Waals surface area contributed by atoms with Crippen molar-refractivity contribution in [2.75, 3.05) is 48.6 Å². The van der Waals surface area contributed by atoms with Gasteiger partial charge in [-0.05, 0) is 56.3 Å². The number of esters is 2. The summed E-state index contributed by atoms with van der Waals surface area (Å²) in [6.07, 6.45) is 5.90. The summed E-state index contributed by atoms with van der Waals surface area (Å²) in [5, 5.41) is 0. The maximum Gasteiger partial charge on any atom is 0.330 e. The Kier molecular flexibility index (Phi) is 35.4. The molecule has 0 N–H and O–H groups in total. The molecule has 0 aromatic heterocycles. The maximum absolute atomic E-state index is 12.7. The molecule has 0 fully saturated rings. The smallest absolute Gasteiger partial charge is 0.330 e. The van der Waals surface area contributed by atoms with Gasteiger partial charge in [0, 0.05) is 65.6 Å². The predicted octanol–water partition coefficient (Wildman–Crippen LogP) is 9.54. The van der Waals surface area contributed by atoms with Gasteiger partial charge in [0.2, 0.25) is 17.7 Å². The lowest BCUT2D eigenvalue weighted by Crippen LogP contribution is -2.51. The average molecular weight is 926 g/mol. The van der Waals surface area contributed by atoms with Crippen LogP contribution in [0.4, 0.5) is 0 Å². The van der Waals surface area contributed by atoms with Gasteiger partial charge in [0.1, 0.15) is 5.78 Å². The van der Waals surface area contributed by atoms with Crippen LogP contribution < -0.4 is 0 Å². The monoisotopic (exact) mass is 926 g/mol. The summed E-state index contributed by atoms with van der Waals surface area (Å²) in [5.41, 5.74) is 0. The second-order valence-corrected chi connectivity index (χ2v) is 19.1. The van der Waals surface area contributed by atoms with Gasteiger partial charge in [0.15, 0.2) is 0 Å². The summed E-state index contributed by atoms with van der Waals surface area (Å²) < 4.78 is 21.1. The normalized spacial score (nSPS) is 16.5. The third kappa shape index (κ3) is 23.8. The van der Waals surface area contributed by atoms with Gasteiger partial charge >= 0.3 is 11.9 Å². The first-order valence-electron chi connectivity index (χ1n) is 24.5. The van der Waals surface area contributed by atoms with Crippen LogP contribution in [0.1, 0.15) is 157 Å². The van der Waals surface area contributed by atoms with Crippen LogP contribution in [0.5, 0.6) is 0 Å². The van der Waals surface area contributed by atoms with E-state index in [-0.39, 0.29) is 114 Å². The first kappa shape index (κ1) is 66.0. The molecule has 0 rings (SSSR count). The highest BCUT2D eigenvalue weighted by molar-refractivity contribution is 5.83. The Labute approximate surface area is 397 Å². The fourth-order valence-electron chi connectivity index (χ4n) is 7.40. The topological polar surface area (TPSA) is 149 Å². The minimum absolute atomic E-state index is 0.0300. The maximum atomic E-state index is 12.7. The van der Waals surface area contributed by atoms with E-state index in [0.29, 0.717) is 31.5 Å². The minimum Gasteiger partial charge on any atom is -0.466 e. The molecule has 0 bridgehead atoms. The van der Waals surface area contributed by atoms with Crippen LogP contribution in [-0.4, -0.2) is 129 Å². The van der Waals surface area contributed by atoms with Crippen molar-refractivity contribution in [3.63, 3.8) is 0 Å². The number of rotatable bonds is 27. The number of nitrogens with zero attached hydrogens (tertiary/aromatic N) is 3.